The molecule has 2 saturated heterocycles. The number of hydrogen-bond acceptors (Lipinski definition) is 4. The monoisotopic (exact) mass is 297 g/mol. The standard InChI is InChI=1S/C17H35N3O/c1-3-9-18-17(2,15-21)8-13-19-12-7-16(14-19)20-10-5-4-6-11-20/h16,18,21H,3-15H2,1-2H3. The van der Waals surface area contributed by atoms with Crippen molar-refractivity contribution in [3.63, 3.8) is 0 Å². The van der Waals surface area contributed by atoms with E-state index in [1.165, 1.54) is 51.9 Å². The number of hydrogen-bond donors (Lipinski definition) is 2. The van der Waals surface area contributed by atoms with E-state index in [4.69, 9.17) is 0 Å². The van der Waals surface area contributed by atoms with Crippen molar-refractivity contribution in [2.24, 2.45) is 0 Å². The molecular formula is C17H35N3O. The van der Waals surface area contributed by atoms with Crippen LogP contribution in [0.15, 0.2) is 0 Å². The van der Waals surface area contributed by atoms with E-state index in [0.717, 1.165) is 32.0 Å². The fourth-order valence-corrected chi connectivity index (χ4v) is 3.65. The van der Waals surface area contributed by atoms with Crippen molar-refractivity contribution in [2.45, 2.75) is 64.0 Å². The predicted molar refractivity (Wildman–Crippen MR) is 88.7 cm³/mol. The molecule has 0 bridgehead atoms. The fraction of sp³-hybridized carbons (Fsp3) is 1.00. The van der Waals surface area contributed by atoms with Crippen molar-refractivity contribution in [3.05, 3.63) is 0 Å². The number of rotatable bonds is 8. The summed E-state index contributed by atoms with van der Waals surface area (Å²) in [6.07, 6.45) is 7.69. The van der Waals surface area contributed by atoms with Gasteiger partial charge in [0, 0.05) is 24.7 Å². The van der Waals surface area contributed by atoms with Crippen LogP contribution in [0.1, 0.15) is 52.4 Å². The molecule has 0 aliphatic carbocycles. The van der Waals surface area contributed by atoms with E-state index in [1.54, 1.807) is 0 Å². The van der Waals surface area contributed by atoms with E-state index >= 15 is 0 Å². The van der Waals surface area contributed by atoms with Crippen LogP contribution in [0.25, 0.3) is 0 Å². The highest BCUT2D eigenvalue weighted by Gasteiger charge is 2.30. The molecule has 0 aromatic carbocycles. The number of aliphatic hydroxyl groups excluding tert-OH is 1. The molecule has 4 heteroatoms. The minimum Gasteiger partial charge on any atom is -0.394 e. The average Bonchev–Trinajstić information content (AvgIpc) is 3.01. The summed E-state index contributed by atoms with van der Waals surface area (Å²) in [5.41, 5.74) is -0.112. The topological polar surface area (TPSA) is 38.7 Å². The molecule has 2 fully saturated rings. The van der Waals surface area contributed by atoms with E-state index in [0.29, 0.717) is 0 Å². The maximum Gasteiger partial charge on any atom is 0.0611 e. The zero-order valence-corrected chi connectivity index (χ0v) is 14.1. The molecule has 0 amide bonds. The molecule has 0 aromatic heterocycles. The Morgan fingerprint density at radius 2 is 1.95 bits per heavy atom. The van der Waals surface area contributed by atoms with Crippen molar-refractivity contribution in [3.8, 4) is 0 Å². The lowest BCUT2D eigenvalue weighted by Crippen LogP contribution is -2.48. The molecule has 2 aliphatic rings. The molecule has 2 atom stereocenters. The smallest absolute Gasteiger partial charge is 0.0611 e. The molecule has 2 heterocycles. The largest absolute Gasteiger partial charge is 0.394 e. The van der Waals surface area contributed by atoms with Gasteiger partial charge in [-0.05, 0) is 65.2 Å². The minimum absolute atomic E-state index is 0.112. The highest BCUT2D eigenvalue weighted by atomic mass is 16.3. The van der Waals surface area contributed by atoms with E-state index in [9.17, 15) is 5.11 Å². The lowest BCUT2D eigenvalue weighted by molar-refractivity contribution is 0.141. The summed E-state index contributed by atoms with van der Waals surface area (Å²) in [5, 5.41) is 13.2. The van der Waals surface area contributed by atoms with Gasteiger partial charge in [-0.1, -0.05) is 13.3 Å². The molecule has 0 aromatic rings. The predicted octanol–water partition coefficient (Wildman–Crippen LogP) is 1.69. The first-order chi connectivity index (χ1) is 10.2. The quantitative estimate of drug-likeness (QED) is 0.715. The van der Waals surface area contributed by atoms with Gasteiger partial charge >= 0.3 is 0 Å². The molecule has 2 aliphatic heterocycles. The number of nitrogens with zero attached hydrogens (tertiary/aromatic N) is 2. The van der Waals surface area contributed by atoms with Crippen LogP contribution in [-0.2, 0) is 0 Å². The van der Waals surface area contributed by atoms with Gasteiger partial charge in [-0.25, -0.2) is 0 Å². The maximum absolute atomic E-state index is 9.65. The van der Waals surface area contributed by atoms with Gasteiger partial charge in [-0.3, -0.25) is 4.90 Å². The number of aliphatic hydroxyl groups is 1. The van der Waals surface area contributed by atoms with Gasteiger partial charge in [-0.2, -0.15) is 0 Å². The van der Waals surface area contributed by atoms with Gasteiger partial charge in [0.15, 0.2) is 0 Å². The first kappa shape index (κ1) is 17.2. The Hall–Kier alpha value is -0.160. The Morgan fingerprint density at radius 1 is 1.19 bits per heavy atom. The molecule has 4 nitrogen and oxygen atoms in total. The number of piperidine rings is 1. The lowest BCUT2D eigenvalue weighted by atomic mass is 9.98. The minimum atomic E-state index is -0.112. The molecule has 2 rings (SSSR count). The zero-order chi connectivity index (χ0) is 15.1. The summed E-state index contributed by atoms with van der Waals surface area (Å²) in [5.74, 6) is 0. The zero-order valence-electron chi connectivity index (χ0n) is 14.1. The fourth-order valence-electron chi connectivity index (χ4n) is 3.65. The summed E-state index contributed by atoms with van der Waals surface area (Å²) in [6.45, 7) is 11.7. The normalized spacial score (nSPS) is 27.9. The third-order valence-electron chi connectivity index (χ3n) is 5.29. The summed E-state index contributed by atoms with van der Waals surface area (Å²) < 4.78 is 0. The number of likely N-dealkylation sites (tertiary alicyclic amines) is 2. The summed E-state index contributed by atoms with van der Waals surface area (Å²) in [7, 11) is 0. The lowest BCUT2D eigenvalue weighted by Gasteiger charge is -2.33. The second-order valence-electron chi connectivity index (χ2n) is 7.24. The molecule has 21 heavy (non-hydrogen) atoms. The Morgan fingerprint density at radius 3 is 2.62 bits per heavy atom. The highest BCUT2D eigenvalue weighted by Crippen LogP contribution is 2.21. The number of nitrogens with one attached hydrogen (secondary N) is 1. The second-order valence-corrected chi connectivity index (χ2v) is 7.24. The van der Waals surface area contributed by atoms with Crippen LogP contribution in [0.4, 0.5) is 0 Å². The summed E-state index contributed by atoms with van der Waals surface area (Å²) in [6, 6.07) is 0.786. The van der Waals surface area contributed by atoms with Crippen LogP contribution in [0.3, 0.4) is 0 Å². The molecule has 0 saturated carbocycles. The van der Waals surface area contributed by atoms with Crippen molar-refractivity contribution in [1.29, 1.82) is 0 Å². The van der Waals surface area contributed by atoms with Gasteiger partial charge in [0.1, 0.15) is 0 Å². The molecular weight excluding hydrogens is 262 g/mol. The van der Waals surface area contributed by atoms with Gasteiger partial charge in [0.05, 0.1) is 6.61 Å². The molecule has 0 radical (unpaired) electrons. The first-order valence-electron chi connectivity index (χ1n) is 8.99. The average molecular weight is 297 g/mol. The first-order valence-corrected chi connectivity index (χ1v) is 8.99. The SMILES string of the molecule is CCCNC(C)(CO)CCN1CCC(N2CCCCC2)C1. The van der Waals surface area contributed by atoms with E-state index in [2.05, 4.69) is 29.0 Å². The van der Waals surface area contributed by atoms with Crippen LogP contribution in [-0.4, -0.2) is 72.4 Å². The van der Waals surface area contributed by atoms with E-state index in [-0.39, 0.29) is 12.1 Å². The van der Waals surface area contributed by atoms with Crippen molar-refractivity contribution in [1.82, 2.24) is 15.1 Å². The van der Waals surface area contributed by atoms with Crippen molar-refractivity contribution >= 4 is 0 Å². The highest BCUT2D eigenvalue weighted by molar-refractivity contribution is 4.88. The molecule has 124 valence electrons. The van der Waals surface area contributed by atoms with Crippen LogP contribution < -0.4 is 5.32 Å². The van der Waals surface area contributed by atoms with Gasteiger partial charge in [0.25, 0.3) is 0 Å². The third-order valence-corrected chi connectivity index (χ3v) is 5.29. The third kappa shape index (κ3) is 5.20. The van der Waals surface area contributed by atoms with Gasteiger partial charge in [0.2, 0.25) is 0 Å². The summed E-state index contributed by atoms with van der Waals surface area (Å²) in [4.78, 5) is 5.31. The Balaban J connectivity index is 1.71. The van der Waals surface area contributed by atoms with Crippen molar-refractivity contribution < 1.29 is 5.11 Å². The Bertz CT molecular complexity index is 294. The Kier molecular flexibility index (Phi) is 6.93. The van der Waals surface area contributed by atoms with Crippen LogP contribution in [0.5, 0.6) is 0 Å². The van der Waals surface area contributed by atoms with Crippen LogP contribution >= 0.6 is 0 Å². The second kappa shape index (κ2) is 8.47. The maximum atomic E-state index is 9.65. The summed E-state index contributed by atoms with van der Waals surface area (Å²) >= 11 is 0. The molecule has 2 unspecified atom stereocenters. The van der Waals surface area contributed by atoms with Crippen molar-refractivity contribution in [2.75, 3.05) is 45.9 Å². The van der Waals surface area contributed by atoms with Crippen LogP contribution in [0, 0.1) is 0 Å². The van der Waals surface area contributed by atoms with Crippen LogP contribution in [0.2, 0.25) is 0 Å². The van der Waals surface area contributed by atoms with Gasteiger partial charge in [-0.15, -0.1) is 0 Å². The Labute approximate surface area is 130 Å². The van der Waals surface area contributed by atoms with E-state index in [1.807, 2.05) is 0 Å². The molecule has 0 spiro atoms. The van der Waals surface area contributed by atoms with E-state index < -0.39 is 0 Å². The molecule has 2 N–H and O–H groups in total. The van der Waals surface area contributed by atoms with Gasteiger partial charge < -0.3 is 15.3 Å².